The minimum absolute atomic E-state index is 0.148. The van der Waals surface area contributed by atoms with Crippen molar-refractivity contribution in [2.24, 2.45) is 0 Å². The number of hydrogen-bond acceptors (Lipinski definition) is 4. The average Bonchev–Trinajstić information content (AvgIpc) is 2.51. The summed E-state index contributed by atoms with van der Waals surface area (Å²) in [6.07, 6.45) is 1.91. The van der Waals surface area contributed by atoms with E-state index >= 15 is 0 Å². The molecule has 0 aliphatic carbocycles. The van der Waals surface area contributed by atoms with Crippen molar-refractivity contribution in [1.82, 2.24) is 0 Å². The van der Waals surface area contributed by atoms with Gasteiger partial charge in [-0.2, -0.15) is 11.8 Å². The molecule has 12 heavy (non-hydrogen) atoms. The van der Waals surface area contributed by atoms with E-state index in [1.165, 1.54) is 23.1 Å². The normalized spacial score (nSPS) is 9.83. The largest absolute Gasteiger partial charge is 0.495 e. The number of rotatable bonds is 4. The number of hydrogen-bond donors (Lipinski definition) is 0. The summed E-state index contributed by atoms with van der Waals surface area (Å²) in [5.41, 5.74) is 0. The van der Waals surface area contributed by atoms with E-state index in [1.807, 2.05) is 17.7 Å². The Morgan fingerprint density at radius 3 is 3.08 bits per heavy atom. The second-order valence-electron chi connectivity index (χ2n) is 2.17. The summed E-state index contributed by atoms with van der Waals surface area (Å²) in [4.78, 5) is 12.1. The first-order valence-corrected chi connectivity index (χ1v) is 5.70. The molecule has 1 heterocycles. The van der Waals surface area contributed by atoms with Crippen LogP contribution < -0.4 is 4.74 Å². The summed E-state index contributed by atoms with van der Waals surface area (Å²) in [6, 6.07) is 1.82. The van der Waals surface area contributed by atoms with Crippen molar-refractivity contribution in [2.75, 3.05) is 19.1 Å². The molecule has 66 valence electrons. The third-order valence-corrected chi connectivity index (χ3v) is 2.87. The second kappa shape index (κ2) is 4.52. The van der Waals surface area contributed by atoms with Crippen molar-refractivity contribution < 1.29 is 9.53 Å². The number of ketones is 1. The van der Waals surface area contributed by atoms with Crippen LogP contribution in [0.15, 0.2) is 11.4 Å². The van der Waals surface area contributed by atoms with Gasteiger partial charge in [-0.1, -0.05) is 0 Å². The van der Waals surface area contributed by atoms with Crippen molar-refractivity contribution in [3.8, 4) is 5.75 Å². The van der Waals surface area contributed by atoms with Gasteiger partial charge in [0.05, 0.1) is 12.9 Å². The number of carbonyl (C=O) groups excluding carboxylic acids is 1. The van der Waals surface area contributed by atoms with Crippen LogP contribution >= 0.6 is 23.1 Å². The molecule has 0 fully saturated rings. The van der Waals surface area contributed by atoms with Crippen LogP contribution in [-0.4, -0.2) is 24.9 Å². The summed E-state index contributed by atoms with van der Waals surface area (Å²) >= 11 is 2.96. The highest BCUT2D eigenvalue weighted by Crippen LogP contribution is 2.25. The van der Waals surface area contributed by atoms with Gasteiger partial charge in [-0.05, 0) is 17.7 Å². The highest BCUT2D eigenvalue weighted by molar-refractivity contribution is 7.99. The Hall–Kier alpha value is -0.480. The number of ether oxygens (including phenoxy) is 1. The molecule has 0 bridgehead atoms. The number of Topliss-reactive ketones (excluding diaryl/α,β-unsaturated/α-hetero) is 1. The van der Waals surface area contributed by atoms with Crippen LogP contribution in [0.2, 0.25) is 0 Å². The first-order chi connectivity index (χ1) is 5.79. The van der Waals surface area contributed by atoms with E-state index in [1.54, 1.807) is 7.11 Å². The third kappa shape index (κ3) is 2.01. The quantitative estimate of drug-likeness (QED) is 0.701. The molecule has 0 spiro atoms. The lowest BCUT2D eigenvalue weighted by Crippen LogP contribution is -2.00. The molecule has 0 aromatic carbocycles. The molecule has 0 aliphatic rings. The molecular formula is C8H10O2S2. The highest BCUT2D eigenvalue weighted by atomic mass is 32.2. The Bertz CT molecular complexity index is 268. The zero-order valence-corrected chi connectivity index (χ0v) is 8.63. The Labute approximate surface area is 79.9 Å². The van der Waals surface area contributed by atoms with Crippen molar-refractivity contribution in [3.05, 3.63) is 16.3 Å². The lowest BCUT2D eigenvalue weighted by atomic mass is 10.3. The average molecular weight is 202 g/mol. The number of thioether (sulfide) groups is 1. The van der Waals surface area contributed by atoms with Crippen LogP contribution in [-0.2, 0) is 0 Å². The maximum atomic E-state index is 11.4. The Balaban J connectivity index is 2.79. The molecule has 4 heteroatoms. The van der Waals surface area contributed by atoms with Gasteiger partial charge in [-0.15, -0.1) is 11.3 Å². The molecule has 1 rings (SSSR count). The highest BCUT2D eigenvalue weighted by Gasteiger charge is 2.12. The Morgan fingerprint density at radius 1 is 1.75 bits per heavy atom. The molecule has 0 saturated carbocycles. The van der Waals surface area contributed by atoms with Gasteiger partial charge in [-0.25, -0.2) is 0 Å². The van der Waals surface area contributed by atoms with E-state index in [4.69, 9.17) is 4.74 Å². The van der Waals surface area contributed by atoms with E-state index < -0.39 is 0 Å². The van der Waals surface area contributed by atoms with Crippen molar-refractivity contribution in [2.45, 2.75) is 0 Å². The van der Waals surface area contributed by atoms with Crippen molar-refractivity contribution in [1.29, 1.82) is 0 Å². The van der Waals surface area contributed by atoms with Gasteiger partial charge >= 0.3 is 0 Å². The molecule has 0 radical (unpaired) electrons. The zero-order valence-electron chi connectivity index (χ0n) is 6.99. The van der Waals surface area contributed by atoms with E-state index in [2.05, 4.69) is 0 Å². The van der Waals surface area contributed by atoms with Crippen molar-refractivity contribution in [3.63, 3.8) is 0 Å². The lowest BCUT2D eigenvalue weighted by molar-refractivity contribution is 0.102. The number of methoxy groups -OCH3 is 1. The van der Waals surface area contributed by atoms with Crippen LogP contribution in [0, 0.1) is 0 Å². The first-order valence-electron chi connectivity index (χ1n) is 3.43. The van der Waals surface area contributed by atoms with Crippen LogP contribution in [0.4, 0.5) is 0 Å². The molecule has 0 atom stereocenters. The Kier molecular flexibility index (Phi) is 3.62. The predicted octanol–water partition coefficient (Wildman–Crippen LogP) is 2.30. The molecule has 0 N–H and O–H groups in total. The van der Waals surface area contributed by atoms with Gasteiger partial charge in [0, 0.05) is 0 Å². The fourth-order valence-electron chi connectivity index (χ4n) is 0.858. The van der Waals surface area contributed by atoms with Crippen molar-refractivity contribution >= 4 is 28.9 Å². The topological polar surface area (TPSA) is 26.3 Å². The number of carbonyl (C=O) groups is 1. The van der Waals surface area contributed by atoms with Crippen LogP contribution in [0.25, 0.3) is 0 Å². The molecular weight excluding hydrogens is 192 g/mol. The second-order valence-corrected chi connectivity index (χ2v) is 3.96. The predicted molar refractivity (Wildman–Crippen MR) is 53.6 cm³/mol. The first kappa shape index (κ1) is 9.61. The van der Waals surface area contributed by atoms with E-state index in [0.717, 1.165) is 4.88 Å². The molecule has 0 aliphatic heterocycles. The molecule has 2 nitrogen and oxygen atoms in total. The maximum Gasteiger partial charge on any atom is 0.186 e. The summed E-state index contributed by atoms with van der Waals surface area (Å²) in [5.74, 6) is 1.37. The smallest absolute Gasteiger partial charge is 0.186 e. The summed E-state index contributed by atoms with van der Waals surface area (Å²) in [5, 5.41) is 1.87. The molecule has 0 saturated heterocycles. The summed E-state index contributed by atoms with van der Waals surface area (Å²) in [7, 11) is 1.58. The minimum Gasteiger partial charge on any atom is -0.495 e. The zero-order chi connectivity index (χ0) is 8.97. The standard InChI is InChI=1S/C8H10O2S2/c1-10-7-3-4-12-8(7)6(9)5-11-2/h3-4H,5H2,1-2H3. The summed E-state index contributed by atoms with van der Waals surface area (Å²) < 4.78 is 5.03. The molecule has 1 aromatic heterocycles. The van der Waals surface area contributed by atoms with Crippen LogP contribution in [0.3, 0.4) is 0 Å². The fraction of sp³-hybridized carbons (Fsp3) is 0.375. The Morgan fingerprint density at radius 2 is 2.50 bits per heavy atom. The fourth-order valence-corrected chi connectivity index (χ4v) is 2.15. The maximum absolute atomic E-state index is 11.4. The van der Waals surface area contributed by atoms with Gasteiger partial charge in [-0.3, -0.25) is 4.79 Å². The molecule has 0 unspecified atom stereocenters. The monoisotopic (exact) mass is 202 g/mol. The summed E-state index contributed by atoms with van der Waals surface area (Å²) in [6.45, 7) is 0. The molecule has 0 amide bonds. The molecule has 1 aromatic rings. The van der Waals surface area contributed by atoms with Gasteiger partial charge in [0.25, 0.3) is 0 Å². The van der Waals surface area contributed by atoms with Gasteiger partial charge < -0.3 is 4.74 Å². The minimum atomic E-state index is 0.148. The van der Waals surface area contributed by atoms with Gasteiger partial charge in [0.2, 0.25) is 0 Å². The van der Waals surface area contributed by atoms with E-state index in [0.29, 0.717) is 11.5 Å². The van der Waals surface area contributed by atoms with Crippen LogP contribution in [0.1, 0.15) is 9.67 Å². The van der Waals surface area contributed by atoms with Gasteiger partial charge in [0.15, 0.2) is 5.78 Å². The lowest BCUT2D eigenvalue weighted by Gasteiger charge is -1.99. The number of thiophene rings is 1. The van der Waals surface area contributed by atoms with Gasteiger partial charge in [0.1, 0.15) is 10.6 Å². The SMILES string of the molecule is COc1ccsc1C(=O)CSC. The van der Waals surface area contributed by atoms with E-state index in [9.17, 15) is 4.79 Å². The van der Waals surface area contributed by atoms with E-state index in [-0.39, 0.29) is 5.78 Å². The van der Waals surface area contributed by atoms with Crippen LogP contribution in [0.5, 0.6) is 5.75 Å². The third-order valence-electron chi connectivity index (χ3n) is 1.38.